The second-order valence-electron chi connectivity index (χ2n) is 18.2. The predicted molar refractivity (Wildman–Crippen MR) is 254 cm³/mol. The number of carbonyl (C=O) groups is 2. The summed E-state index contributed by atoms with van der Waals surface area (Å²) >= 11 is 0. The van der Waals surface area contributed by atoms with Gasteiger partial charge >= 0.3 is 12.4 Å². The molecule has 2 saturated carbocycles. The highest BCUT2D eigenvalue weighted by atomic mass is 19.4. The molecule has 2 fully saturated rings. The molecule has 3 unspecified atom stereocenters. The molecule has 0 bridgehead atoms. The number of aliphatic hydroxyl groups excluding tert-OH is 1. The van der Waals surface area contributed by atoms with Crippen LogP contribution in [0.3, 0.4) is 0 Å². The van der Waals surface area contributed by atoms with Crippen LogP contribution in [0.15, 0.2) is 85.2 Å². The summed E-state index contributed by atoms with van der Waals surface area (Å²) < 4.78 is 79.8. The number of aromatic nitrogens is 10. The van der Waals surface area contributed by atoms with E-state index in [-0.39, 0.29) is 35.5 Å². The second-order valence-corrected chi connectivity index (χ2v) is 18.2. The standard InChI is InChI=1S/C48H47F6N15O3/c1-25(70)22-69-46(62-42(66-69)28-7-11-30(12-8-28)44(72)56-24-48(52,53)54)60-37-16-14-35-33(21-58-64-35)40(37)31-19-38(31)67(2)17-18-68-45(59-36-15-13-34-32(20-57-63-34)39(36)26-3-4-26)61-41(65-68)27-5-9-29(10-6-27)43(71)55-23-47(49,50)51/h5-16,20-21,25-26,31,38,70H,3-4,17-19,22-24H2,1-2H3,(H,55,71)(H,56,72)(H,57,63)(H,58,64)(H,59,61,65)(H,60,62,66). The molecule has 374 valence electrons. The predicted octanol–water partition coefficient (Wildman–Crippen LogP) is 7.77. The van der Waals surface area contributed by atoms with Gasteiger partial charge in [0.2, 0.25) is 11.9 Å². The van der Waals surface area contributed by atoms with E-state index >= 15 is 0 Å². The molecule has 0 aliphatic heterocycles. The molecule has 4 aromatic carbocycles. The molecule has 2 amide bonds. The Kier molecular flexibility index (Phi) is 12.6. The topological polar surface area (TPSA) is 225 Å². The normalized spacial score (nSPS) is 16.4. The van der Waals surface area contributed by atoms with Gasteiger partial charge in [0.25, 0.3) is 11.8 Å². The van der Waals surface area contributed by atoms with Gasteiger partial charge < -0.3 is 31.3 Å². The minimum atomic E-state index is -4.55. The van der Waals surface area contributed by atoms with Gasteiger partial charge in [-0.25, -0.2) is 9.36 Å². The van der Waals surface area contributed by atoms with Crippen molar-refractivity contribution in [3.63, 3.8) is 0 Å². The van der Waals surface area contributed by atoms with E-state index in [1.807, 2.05) is 48.1 Å². The minimum Gasteiger partial charge on any atom is -0.391 e. The summed E-state index contributed by atoms with van der Waals surface area (Å²) in [5.74, 6) is 0.0720. The van der Waals surface area contributed by atoms with E-state index < -0.39 is 43.4 Å². The number of carbonyl (C=O) groups excluding carboxylic acids is 2. The molecular weight excluding hydrogens is 949 g/mol. The zero-order chi connectivity index (χ0) is 50.5. The Labute approximate surface area is 405 Å². The van der Waals surface area contributed by atoms with E-state index in [4.69, 9.17) is 15.1 Å². The molecular formula is C48H47F6N15O3. The third kappa shape index (κ3) is 10.6. The van der Waals surface area contributed by atoms with Crippen molar-refractivity contribution in [1.29, 1.82) is 0 Å². The highest BCUT2D eigenvalue weighted by Gasteiger charge is 2.44. The van der Waals surface area contributed by atoms with Crippen LogP contribution in [0.25, 0.3) is 44.6 Å². The van der Waals surface area contributed by atoms with Gasteiger partial charge in [-0.2, -0.15) is 46.5 Å². The summed E-state index contributed by atoms with van der Waals surface area (Å²) in [6, 6.07) is 19.8. The van der Waals surface area contributed by atoms with Crippen LogP contribution in [0.2, 0.25) is 0 Å². The van der Waals surface area contributed by atoms with Crippen molar-refractivity contribution in [2.24, 2.45) is 0 Å². The van der Waals surface area contributed by atoms with Crippen LogP contribution in [-0.4, -0.2) is 123 Å². The number of nitrogens with one attached hydrogen (secondary N) is 6. The zero-order valence-electron chi connectivity index (χ0n) is 38.6. The van der Waals surface area contributed by atoms with Crippen molar-refractivity contribution in [2.75, 3.05) is 37.3 Å². The summed E-state index contributed by atoms with van der Waals surface area (Å²) in [5.41, 5.74) is 6.63. The van der Waals surface area contributed by atoms with Gasteiger partial charge in [0.15, 0.2) is 11.6 Å². The van der Waals surface area contributed by atoms with Crippen LogP contribution >= 0.6 is 0 Å². The Morgan fingerprint density at radius 2 is 1.21 bits per heavy atom. The summed E-state index contributed by atoms with van der Waals surface area (Å²) in [6.45, 7) is -0.250. The van der Waals surface area contributed by atoms with Gasteiger partial charge in [-0.3, -0.25) is 19.8 Å². The molecule has 72 heavy (non-hydrogen) atoms. The first-order chi connectivity index (χ1) is 34.4. The van der Waals surface area contributed by atoms with Crippen molar-refractivity contribution in [2.45, 2.75) is 75.6 Å². The van der Waals surface area contributed by atoms with Crippen LogP contribution < -0.4 is 21.3 Å². The molecule has 2 aliphatic carbocycles. The molecule has 18 nitrogen and oxygen atoms in total. The lowest BCUT2D eigenvalue weighted by Crippen LogP contribution is -2.33. The minimum absolute atomic E-state index is 0.0325. The molecule has 10 rings (SSSR count). The fourth-order valence-corrected chi connectivity index (χ4v) is 8.90. The Hall–Kier alpha value is -7.86. The molecule has 0 saturated heterocycles. The van der Waals surface area contributed by atoms with Gasteiger partial charge in [-0.15, -0.1) is 10.2 Å². The fourth-order valence-electron chi connectivity index (χ4n) is 8.90. The van der Waals surface area contributed by atoms with Gasteiger partial charge in [0, 0.05) is 62.9 Å². The van der Waals surface area contributed by atoms with Crippen molar-refractivity contribution in [1.82, 2.24) is 65.5 Å². The number of benzene rings is 4. The highest BCUT2D eigenvalue weighted by molar-refractivity contribution is 5.95. The average molecular weight is 996 g/mol. The smallest absolute Gasteiger partial charge is 0.391 e. The van der Waals surface area contributed by atoms with Crippen molar-refractivity contribution >= 4 is 56.9 Å². The Balaban J connectivity index is 0.887. The maximum atomic E-state index is 12.8. The van der Waals surface area contributed by atoms with E-state index in [0.717, 1.165) is 63.6 Å². The van der Waals surface area contributed by atoms with Crippen molar-refractivity contribution in [3.8, 4) is 22.8 Å². The third-order valence-corrected chi connectivity index (χ3v) is 12.7. The highest BCUT2D eigenvalue weighted by Crippen LogP contribution is 2.50. The number of amides is 2. The first kappa shape index (κ1) is 47.8. The molecule has 24 heteroatoms. The lowest BCUT2D eigenvalue weighted by atomic mass is 10.0. The maximum Gasteiger partial charge on any atom is 0.405 e. The fraction of sp³-hybridized carbons (Fsp3) is 0.333. The summed E-state index contributed by atoms with van der Waals surface area (Å²) in [4.78, 5) is 36.8. The molecule has 0 spiro atoms. The number of likely N-dealkylation sites (N-methyl/N-ethyl adjacent to an activating group) is 1. The molecule has 7 N–H and O–H groups in total. The Morgan fingerprint density at radius 1 is 0.722 bits per heavy atom. The number of aliphatic hydroxyl groups is 1. The first-order valence-electron chi connectivity index (χ1n) is 23.1. The van der Waals surface area contributed by atoms with E-state index in [2.05, 4.69) is 41.0 Å². The zero-order valence-corrected chi connectivity index (χ0v) is 38.6. The summed E-state index contributed by atoms with van der Waals surface area (Å²) in [5, 5.41) is 47.4. The second kappa shape index (κ2) is 19.0. The number of alkyl halides is 6. The van der Waals surface area contributed by atoms with Crippen LogP contribution in [0.5, 0.6) is 0 Å². The molecule has 0 radical (unpaired) electrons. The van der Waals surface area contributed by atoms with Gasteiger partial charge in [0.1, 0.15) is 13.1 Å². The number of hydrogen-bond acceptors (Lipinski definition) is 12. The molecule has 8 aromatic rings. The van der Waals surface area contributed by atoms with Gasteiger partial charge in [-0.1, -0.05) is 24.3 Å². The van der Waals surface area contributed by atoms with E-state index in [1.165, 1.54) is 28.9 Å². The van der Waals surface area contributed by atoms with Crippen molar-refractivity contribution in [3.05, 3.63) is 107 Å². The number of aromatic amines is 2. The summed E-state index contributed by atoms with van der Waals surface area (Å²) in [6.07, 6.45) is -3.43. The number of nitrogens with zero attached hydrogens (tertiary/aromatic N) is 9. The molecule has 4 aromatic heterocycles. The number of rotatable bonds is 18. The lowest BCUT2D eigenvalue weighted by molar-refractivity contribution is -0.123. The van der Waals surface area contributed by atoms with Crippen LogP contribution in [-0.2, 0) is 13.1 Å². The number of hydrogen-bond donors (Lipinski definition) is 7. The Morgan fingerprint density at radius 3 is 1.71 bits per heavy atom. The lowest BCUT2D eigenvalue weighted by Gasteiger charge is -2.19. The SMILES string of the molecule is CC(O)Cn1nc(-c2ccc(C(=O)NCC(F)(F)F)cc2)nc1Nc1ccc2[nH]ncc2c1C1CC1N(C)CCn1nc(-c2ccc(C(=O)NCC(F)(F)F)cc2)nc1Nc1ccc2[nH]ncc2c1C1CC1. The first-order valence-corrected chi connectivity index (χ1v) is 23.1. The number of fused-ring (bicyclic) bond motifs is 2. The third-order valence-electron chi connectivity index (χ3n) is 12.7. The largest absolute Gasteiger partial charge is 0.405 e. The van der Waals surface area contributed by atoms with Crippen LogP contribution in [0.1, 0.15) is 69.9 Å². The number of H-pyrrole nitrogens is 2. The quantitative estimate of drug-likeness (QED) is 0.0410. The Bertz CT molecular complexity index is 3270. The van der Waals surface area contributed by atoms with E-state index in [1.54, 1.807) is 42.1 Å². The van der Waals surface area contributed by atoms with Crippen molar-refractivity contribution < 1.29 is 41.0 Å². The van der Waals surface area contributed by atoms with E-state index in [9.17, 15) is 41.0 Å². The number of anilines is 4. The van der Waals surface area contributed by atoms with Crippen LogP contribution in [0.4, 0.5) is 49.6 Å². The number of halogens is 6. The molecule has 3 atom stereocenters. The summed E-state index contributed by atoms with van der Waals surface area (Å²) in [7, 11) is 2.04. The van der Waals surface area contributed by atoms with E-state index in [0.29, 0.717) is 47.9 Å². The van der Waals surface area contributed by atoms with Gasteiger partial charge in [0.05, 0.1) is 42.6 Å². The van der Waals surface area contributed by atoms with Gasteiger partial charge in [-0.05, 0) is 98.8 Å². The monoisotopic (exact) mass is 995 g/mol. The molecule has 4 heterocycles. The average Bonchev–Trinajstić information content (AvgIpc) is 4.10. The molecule has 2 aliphatic rings. The maximum absolute atomic E-state index is 12.8. The van der Waals surface area contributed by atoms with Crippen LogP contribution in [0, 0.1) is 0 Å².